The summed E-state index contributed by atoms with van der Waals surface area (Å²) in [5.41, 5.74) is 3.46. The Hall–Kier alpha value is -1.92. The van der Waals surface area contributed by atoms with Gasteiger partial charge in [0.25, 0.3) is 0 Å². The zero-order valence-corrected chi connectivity index (χ0v) is 13.6. The van der Waals surface area contributed by atoms with E-state index in [1.165, 1.54) is 16.1 Å². The van der Waals surface area contributed by atoms with Gasteiger partial charge in [-0.1, -0.05) is 0 Å². The SMILES string of the molecule is c1cc(N2CCC3(CC2)OCCc2sccc23)c2cn[nH]c2n1. The molecule has 6 heteroatoms. The monoisotopic (exact) mass is 326 g/mol. The van der Waals surface area contributed by atoms with Crippen LogP contribution in [0.4, 0.5) is 5.69 Å². The number of nitrogens with one attached hydrogen (secondary N) is 1. The summed E-state index contributed by atoms with van der Waals surface area (Å²) in [6.07, 6.45) is 6.87. The summed E-state index contributed by atoms with van der Waals surface area (Å²) < 4.78 is 6.30. The zero-order chi connectivity index (χ0) is 15.3. The highest BCUT2D eigenvalue weighted by Crippen LogP contribution is 2.44. The Labute approximate surface area is 138 Å². The van der Waals surface area contributed by atoms with Crippen LogP contribution in [0.5, 0.6) is 0 Å². The van der Waals surface area contributed by atoms with Crippen molar-refractivity contribution in [2.45, 2.75) is 24.9 Å². The molecule has 5 heterocycles. The third kappa shape index (κ3) is 2.01. The molecular weight excluding hydrogens is 308 g/mol. The second-order valence-corrected chi connectivity index (χ2v) is 7.30. The number of rotatable bonds is 1. The lowest BCUT2D eigenvalue weighted by Crippen LogP contribution is -2.46. The standard InChI is InChI=1S/C17H18N4OS/c1-6-18-16-12(11-19-20-16)14(1)21-7-4-17(5-8-21)13-3-10-23-15(13)2-9-22-17/h1,3,6,10-11H,2,4-5,7-9H2,(H,18,19,20). The molecule has 5 rings (SSSR count). The number of hydrogen-bond donors (Lipinski definition) is 1. The molecule has 118 valence electrons. The zero-order valence-electron chi connectivity index (χ0n) is 12.8. The highest BCUT2D eigenvalue weighted by atomic mass is 32.1. The van der Waals surface area contributed by atoms with Gasteiger partial charge < -0.3 is 9.64 Å². The number of anilines is 1. The van der Waals surface area contributed by atoms with Gasteiger partial charge >= 0.3 is 0 Å². The number of nitrogens with zero attached hydrogens (tertiary/aromatic N) is 3. The summed E-state index contributed by atoms with van der Waals surface area (Å²) in [5.74, 6) is 0. The molecule has 23 heavy (non-hydrogen) atoms. The molecule has 1 N–H and O–H groups in total. The van der Waals surface area contributed by atoms with Crippen LogP contribution in [0.15, 0.2) is 29.9 Å². The van der Waals surface area contributed by atoms with Crippen LogP contribution in [0.1, 0.15) is 23.3 Å². The summed E-state index contributed by atoms with van der Waals surface area (Å²) in [5, 5.41) is 10.4. The summed E-state index contributed by atoms with van der Waals surface area (Å²) in [6.45, 7) is 2.86. The minimum absolute atomic E-state index is 0.0629. The number of thiophene rings is 1. The van der Waals surface area contributed by atoms with Gasteiger partial charge in [-0.2, -0.15) is 5.10 Å². The first kappa shape index (κ1) is 13.5. The first-order valence-electron chi connectivity index (χ1n) is 8.10. The van der Waals surface area contributed by atoms with Crippen LogP contribution in [-0.4, -0.2) is 34.9 Å². The van der Waals surface area contributed by atoms with E-state index in [1.807, 2.05) is 23.7 Å². The predicted molar refractivity (Wildman–Crippen MR) is 91.0 cm³/mol. The Morgan fingerprint density at radius 3 is 3.09 bits per heavy atom. The largest absolute Gasteiger partial charge is 0.371 e. The van der Waals surface area contributed by atoms with E-state index >= 15 is 0 Å². The number of H-pyrrole nitrogens is 1. The van der Waals surface area contributed by atoms with Crippen molar-refractivity contribution in [1.29, 1.82) is 0 Å². The maximum Gasteiger partial charge on any atom is 0.157 e. The molecule has 1 saturated heterocycles. The van der Waals surface area contributed by atoms with Crippen LogP contribution in [0.2, 0.25) is 0 Å². The third-order valence-corrected chi connectivity index (χ3v) is 6.17. The van der Waals surface area contributed by atoms with E-state index < -0.39 is 0 Å². The van der Waals surface area contributed by atoms with Gasteiger partial charge in [0.1, 0.15) is 0 Å². The van der Waals surface area contributed by atoms with E-state index in [-0.39, 0.29) is 5.60 Å². The molecule has 0 radical (unpaired) electrons. The van der Waals surface area contributed by atoms with Crippen molar-refractivity contribution in [3.05, 3.63) is 40.3 Å². The van der Waals surface area contributed by atoms with E-state index in [2.05, 4.69) is 37.6 Å². The fourth-order valence-electron chi connectivity index (χ4n) is 3.99. The Balaban J connectivity index is 1.45. The molecule has 3 aromatic heterocycles. The maximum absolute atomic E-state index is 6.30. The fraction of sp³-hybridized carbons (Fsp3) is 0.412. The number of hydrogen-bond acceptors (Lipinski definition) is 5. The van der Waals surface area contributed by atoms with Crippen LogP contribution < -0.4 is 4.90 Å². The van der Waals surface area contributed by atoms with Gasteiger partial charge in [0.2, 0.25) is 0 Å². The van der Waals surface area contributed by atoms with Crippen LogP contribution in [0.25, 0.3) is 11.0 Å². The van der Waals surface area contributed by atoms with Crippen LogP contribution in [-0.2, 0) is 16.8 Å². The predicted octanol–water partition coefficient (Wildman–Crippen LogP) is 3.09. The molecular formula is C17H18N4OS. The molecule has 5 nitrogen and oxygen atoms in total. The van der Waals surface area contributed by atoms with Gasteiger partial charge in [-0.3, -0.25) is 5.10 Å². The van der Waals surface area contributed by atoms with Crippen molar-refractivity contribution in [1.82, 2.24) is 15.2 Å². The van der Waals surface area contributed by atoms with Gasteiger partial charge in [-0.05, 0) is 35.9 Å². The number of aromatic amines is 1. The number of fused-ring (bicyclic) bond motifs is 3. The van der Waals surface area contributed by atoms with Crippen LogP contribution in [0.3, 0.4) is 0 Å². The van der Waals surface area contributed by atoms with Crippen molar-refractivity contribution in [3.8, 4) is 0 Å². The Morgan fingerprint density at radius 1 is 1.26 bits per heavy atom. The minimum Gasteiger partial charge on any atom is -0.371 e. The summed E-state index contributed by atoms with van der Waals surface area (Å²) >= 11 is 1.88. The van der Waals surface area contributed by atoms with E-state index in [4.69, 9.17) is 4.74 Å². The number of aromatic nitrogens is 3. The normalized spacial score (nSPS) is 20.1. The molecule has 2 aliphatic heterocycles. The lowest BCUT2D eigenvalue weighted by molar-refractivity contribution is -0.0756. The second-order valence-electron chi connectivity index (χ2n) is 6.30. The highest BCUT2D eigenvalue weighted by Gasteiger charge is 2.41. The lowest BCUT2D eigenvalue weighted by atomic mass is 9.82. The quantitative estimate of drug-likeness (QED) is 0.747. The van der Waals surface area contributed by atoms with E-state index in [0.29, 0.717) is 0 Å². The van der Waals surface area contributed by atoms with Crippen molar-refractivity contribution in [2.24, 2.45) is 0 Å². The Morgan fingerprint density at radius 2 is 2.17 bits per heavy atom. The van der Waals surface area contributed by atoms with E-state index in [0.717, 1.165) is 50.0 Å². The van der Waals surface area contributed by atoms with Gasteiger partial charge in [-0.15, -0.1) is 11.3 Å². The molecule has 0 saturated carbocycles. The van der Waals surface area contributed by atoms with Gasteiger partial charge in [0, 0.05) is 30.6 Å². The molecule has 2 aliphatic rings. The van der Waals surface area contributed by atoms with Gasteiger partial charge in [0.15, 0.2) is 5.65 Å². The molecule has 3 aromatic rings. The molecule has 1 spiro atoms. The molecule has 0 unspecified atom stereocenters. The number of ether oxygens (including phenoxy) is 1. The number of piperidine rings is 1. The first-order chi connectivity index (χ1) is 11.4. The van der Waals surface area contributed by atoms with Crippen molar-refractivity contribution < 1.29 is 4.74 Å². The topological polar surface area (TPSA) is 54.0 Å². The molecule has 0 atom stereocenters. The third-order valence-electron chi connectivity index (χ3n) is 5.19. The summed E-state index contributed by atoms with van der Waals surface area (Å²) in [7, 11) is 0. The minimum atomic E-state index is -0.0629. The second kappa shape index (κ2) is 5.04. The van der Waals surface area contributed by atoms with Gasteiger partial charge in [-0.25, -0.2) is 4.98 Å². The van der Waals surface area contributed by atoms with E-state index in [1.54, 1.807) is 0 Å². The summed E-state index contributed by atoms with van der Waals surface area (Å²) in [6, 6.07) is 4.36. The van der Waals surface area contributed by atoms with Crippen molar-refractivity contribution in [3.63, 3.8) is 0 Å². The Bertz CT molecular complexity index is 847. The molecule has 0 amide bonds. The van der Waals surface area contributed by atoms with Crippen molar-refractivity contribution >= 4 is 28.1 Å². The van der Waals surface area contributed by atoms with E-state index in [9.17, 15) is 0 Å². The lowest BCUT2D eigenvalue weighted by Gasteiger charge is -2.44. The average molecular weight is 326 g/mol. The molecule has 0 aromatic carbocycles. The smallest absolute Gasteiger partial charge is 0.157 e. The molecule has 0 aliphatic carbocycles. The first-order valence-corrected chi connectivity index (χ1v) is 8.98. The number of pyridine rings is 1. The summed E-state index contributed by atoms with van der Waals surface area (Å²) in [4.78, 5) is 8.29. The van der Waals surface area contributed by atoms with Crippen LogP contribution in [0, 0.1) is 0 Å². The molecule has 1 fully saturated rings. The Kier molecular flexibility index (Phi) is 2.96. The van der Waals surface area contributed by atoms with Crippen molar-refractivity contribution in [2.75, 3.05) is 24.6 Å². The van der Waals surface area contributed by atoms with Crippen LogP contribution >= 0.6 is 11.3 Å². The fourth-order valence-corrected chi connectivity index (χ4v) is 4.94. The van der Waals surface area contributed by atoms with Gasteiger partial charge in [0.05, 0.1) is 29.5 Å². The highest BCUT2D eigenvalue weighted by molar-refractivity contribution is 7.10. The maximum atomic E-state index is 6.30. The average Bonchev–Trinajstić information content (AvgIpc) is 3.25. The molecule has 0 bridgehead atoms.